The van der Waals surface area contributed by atoms with E-state index in [1.807, 2.05) is 0 Å². The van der Waals surface area contributed by atoms with Crippen LogP contribution in [0.5, 0.6) is 0 Å². The SMILES string of the molecule is Fc1cccc(CCCCl)c1F. The maximum absolute atomic E-state index is 12.9. The maximum Gasteiger partial charge on any atom is 0.162 e. The first-order valence-electron chi connectivity index (χ1n) is 3.74. The molecular weight excluding hydrogens is 182 g/mol. The Balaban J connectivity index is 2.78. The first-order valence-corrected chi connectivity index (χ1v) is 4.28. The summed E-state index contributed by atoms with van der Waals surface area (Å²) >= 11 is 5.43. The Morgan fingerprint density at radius 2 is 2.00 bits per heavy atom. The van der Waals surface area contributed by atoms with Gasteiger partial charge in [-0.3, -0.25) is 0 Å². The summed E-state index contributed by atoms with van der Waals surface area (Å²) in [5.74, 6) is -1.07. The highest BCUT2D eigenvalue weighted by molar-refractivity contribution is 6.17. The Hall–Kier alpha value is -0.630. The van der Waals surface area contributed by atoms with Crippen molar-refractivity contribution in [2.75, 3.05) is 5.88 Å². The van der Waals surface area contributed by atoms with Gasteiger partial charge >= 0.3 is 0 Å². The molecule has 3 heteroatoms. The molecule has 0 unspecified atom stereocenters. The molecule has 1 aromatic rings. The van der Waals surface area contributed by atoms with Crippen molar-refractivity contribution >= 4 is 11.6 Å². The molecule has 0 aliphatic carbocycles. The highest BCUT2D eigenvalue weighted by Crippen LogP contribution is 2.13. The van der Waals surface area contributed by atoms with Gasteiger partial charge in [-0.15, -0.1) is 11.6 Å². The molecule has 1 rings (SSSR count). The number of benzene rings is 1. The molecule has 0 aliphatic rings. The molecule has 0 saturated carbocycles. The number of halogens is 3. The average molecular weight is 191 g/mol. The second-order valence-electron chi connectivity index (χ2n) is 2.51. The standard InChI is InChI=1S/C9H9ClF2/c10-6-2-4-7-3-1-5-8(11)9(7)12/h1,3,5H,2,4,6H2. The molecular formula is C9H9ClF2. The minimum absolute atomic E-state index is 0.399. The van der Waals surface area contributed by atoms with E-state index < -0.39 is 11.6 Å². The van der Waals surface area contributed by atoms with Crippen LogP contribution in [0.2, 0.25) is 0 Å². The highest BCUT2D eigenvalue weighted by atomic mass is 35.5. The zero-order valence-corrected chi connectivity index (χ0v) is 7.24. The van der Waals surface area contributed by atoms with Crippen molar-refractivity contribution in [2.45, 2.75) is 12.8 Å². The molecule has 0 radical (unpaired) electrons. The van der Waals surface area contributed by atoms with Gasteiger partial charge in [0.05, 0.1) is 0 Å². The highest BCUT2D eigenvalue weighted by Gasteiger charge is 2.05. The van der Waals surface area contributed by atoms with E-state index >= 15 is 0 Å². The first-order chi connectivity index (χ1) is 5.75. The van der Waals surface area contributed by atoms with Gasteiger partial charge in [-0.1, -0.05) is 12.1 Å². The molecule has 1 aromatic carbocycles. The maximum atomic E-state index is 12.9. The lowest BCUT2D eigenvalue weighted by atomic mass is 10.1. The fourth-order valence-electron chi connectivity index (χ4n) is 0.999. The molecule has 0 spiro atoms. The molecule has 0 bridgehead atoms. The van der Waals surface area contributed by atoms with Gasteiger partial charge in [0.25, 0.3) is 0 Å². The summed E-state index contributed by atoms with van der Waals surface area (Å²) in [5, 5.41) is 0. The first kappa shape index (κ1) is 9.46. The van der Waals surface area contributed by atoms with Crippen molar-refractivity contribution in [3.8, 4) is 0 Å². The number of aryl methyl sites for hydroxylation is 1. The van der Waals surface area contributed by atoms with Crippen molar-refractivity contribution < 1.29 is 8.78 Å². The zero-order chi connectivity index (χ0) is 8.97. The average Bonchev–Trinajstić information content (AvgIpc) is 2.08. The number of hydrogen-bond acceptors (Lipinski definition) is 0. The van der Waals surface area contributed by atoms with Gasteiger partial charge in [0.15, 0.2) is 11.6 Å². The molecule has 0 nitrogen and oxygen atoms in total. The summed E-state index contributed by atoms with van der Waals surface area (Å²) in [6.07, 6.45) is 1.16. The molecule has 0 aliphatic heterocycles. The molecule has 0 atom stereocenters. The van der Waals surface area contributed by atoms with Crippen molar-refractivity contribution in [1.82, 2.24) is 0 Å². The van der Waals surface area contributed by atoms with Crippen LogP contribution in [0.1, 0.15) is 12.0 Å². The van der Waals surface area contributed by atoms with Crippen LogP contribution < -0.4 is 0 Å². The lowest BCUT2D eigenvalue weighted by molar-refractivity contribution is 0.498. The molecule has 0 saturated heterocycles. The van der Waals surface area contributed by atoms with Crippen LogP contribution in [0, 0.1) is 11.6 Å². The summed E-state index contributed by atoms with van der Waals surface area (Å²) in [5.41, 5.74) is 0.399. The van der Waals surface area contributed by atoms with Gasteiger partial charge in [0, 0.05) is 5.88 Å². The second-order valence-corrected chi connectivity index (χ2v) is 2.88. The third kappa shape index (κ3) is 2.18. The topological polar surface area (TPSA) is 0 Å². The fraction of sp³-hybridized carbons (Fsp3) is 0.333. The molecule has 12 heavy (non-hydrogen) atoms. The van der Waals surface area contributed by atoms with Crippen LogP contribution in [-0.2, 0) is 6.42 Å². The van der Waals surface area contributed by atoms with Gasteiger partial charge < -0.3 is 0 Å². The summed E-state index contributed by atoms with van der Waals surface area (Å²) in [7, 11) is 0. The normalized spacial score (nSPS) is 10.2. The van der Waals surface area contributed by atoms with Crippen molar-refractivity contribution in [3.05, 3.63) is 35.4 Å². The zero-order valence-electron chi connectivity index (χ0n) is 6.49. The minimum Gasteiger partial charge on any atom is -0.204 e. The molecule has 0 heterocycles. The number of hydrogen-bond donors (Lipinski definition) is 0. The monoisotopic (exact) mass is 190 g/mol. The van der Waals surface area contributed by atoms with E-state index in [2.05, 4.69) is 0 Å². The third-order valence-corrected chi connectivity index (χ3v) is 1.88. The second kappa shape index (κ2) is 4.41. The van der Waals surface area contributed by atoms with Gasteiger partial charge in [0.2, 0.25) is 0 Å². The quantitative estimate of drug-likeness (QED) is 0.643. The molecule has 0 N–H and O–H groups in total. The van der Waals surface area contributed by atoms with Crippen LogP contribution in [0.25, 0.3) is 0 Å². The predicted molar refractivity (Wildman–Crippen MR) is 45.4 cm³/mol. The van der Waals surface area contributed by atoms with Gasteiger partial charge in [0.1, 0.15) is 0 Å². The minimum atomic E-state index is -0.790. The van der Waals surface area contributed by atoms with Crippen molar-refractivity contribution in [1.29, 1.82) is 0 Å². The molecule has 0 amide bonds. The number of alkyl halides is 1. The summed E-state index contributed by atoms with van der Waals surface area (Å²) in [6.45, 7) is 0. The molecule has 0 aromatic heterocycles. The Labute approximate surface area is 75.2 Å². The summed E-state index contributed by atoms with van der Waals surface area (Å²) in [4.78, 5) is 0. The van der Waals surface area contributed by atoms with E-state index in [0.717, 1.165) is 6.07 Å². The van der Waals surface area contributed by atoms with Crippen LogP contribution in [0.3, 0.4) is 0 Å². The van der Waals surface area contributed by atoms with Crippen molar-refractivity contribution in [3.63, 3.8) is 0 Å². The lowest BCUT2D eigenvalue weighted by Gasteiger charge is -2.01. The Morgan fingerprint density at radius 3 is 2.67 bits per heavy atom. The fourth-order valence-corrected chi connectivity index (χ4v) is 1.13. The Bertz CT molecular complexity index is 261. The summed E-state index contributed by atoms with van der Waals surface area (Å²) in [6, 6.07) is 4.19. The van der Waals surface area contributed by atoms with Gasteiger partial charge in [-0.25, -0.2) is 8.78 Å². The van der Waals surface area contributed by atoms with Crippen LogP contribution in [0.15, 0.2) is 18.2 Å². The van der Waals surface area contributed by atoms with Crippen LogP contribution >= 0.6 is 11.6 Å². The Morgan fingerprint density at radius 1 is 1.25 bits per heavy atom. The number of rotatable bonds is 3. The van der Waals surface area contributed by atoms with E-state index in [-0.39, 0.29) is 0 Å². The van der Waals surface area contributed by atoms with Crippen LogP contribution in [0.4, 0.5) is 8.78 Å². The van der Waals surface area contributed by atoms with Gasteiger partial charge in [-0.05, 0) is 24.5 Å². The predicted octanol–water partition coefficient (Wildman–Crippen LogP) is 3.14. The molecule has 66 valence electrons. The van der Waals surface area contributed by atoms with E-state index in [9.17, 15) is 8.78 Å². The third-order valence-electron chi connectivity index (χ3n) is 1.61. The van der Waals surface area contributed by atoms with E-state index in [0.29, 0.717) is 24.3 Å². The molecule has 0 fully saturated rings. The smallest absolute Gasteiger partial charge is 0.162 e. The van der Waals surface area contributed by atoms with E-state index in [4.69, 9.17) is 11.6 Å². The van der Waals surface area contributed by atoms with E-state index in [1.54, 1.807) is 6.07 Å². The van der Waals surface area contributed by atoms with Crippen molar-refractivity contribution in [2.24, 2.45) is 0 Å². The van der Waals surface area contributed by atoms with E-state index in [1.165, 1.54) is 6.07 Å². The summed E-state index contributed by atoms with van der Waals surface area (Å²) < 4.78 is 25.5. The largest absolute Gasteiger partial charge is 0.204 e. The Kier molecular flexibility index (Phi) is 3.48. The van der Waals surface area contributed by atoms with Crippen LogP contribution in [-0.4, -0.2) is 5.88 Å². The lowest BCUT2D eigenvalue weighted by Crippen LogP contribution is -1.94. The van der Waals surface area contributed by atoms with Gasteiger partial charge in [-0.2, -0.15) is 0 Å².